The summed E-state index contributed by atoms with van der Waals surface area (Å²) in [7, 11) is 0. The van der Waals surface area contributed by atoms with E-state index in [9.17, 15) is 0 Å². The third-order valence-electron chi connectivity index (χ3n) is 15.0. The molecule has 334 valence electrons. The number of quaternary nitrogens is 2. The summed E-state index contributed by atoms with van der Waals surface area (Å²) in [5, 5.41) is 2.28. The Bertz CT molecular complexity index is 2900. The second kappa shape index (κ2) is 15.3. The molecule has 0 radical (unpaired) electrons. The number of fused-ring (bicyclic) bond motifs is 7. The fraction of sp³-hybridized carbons (Fsp3) is 0.379. The average Bonchev–Trinajstić information content (AvgIpc) is 3.73. The van der Waals surface area contributed by atoms with Crippen LogP contribution in [0.5, 0.6) is 11.5 Å². The van der Waals surface area contributed by atoms with Crippen LogP contribution in [-0.2, 0) is 31.9 Å². The Morgan fingerprint density at radius 3 is 1.92 bits per heavy atom. The first-order valence-electron chi connectivity index (χ1n) is 23.2. The SMILES string of the molecule is CC(C)(C)c1cc(C2CC(C(C)(C)C)CC(C(C)(C)C)C2)cc([N@+]23[CH-][N+]2(c2[c-]c(Oc4[c-]c5c(cc4)c4ccccc4n5-c4cc(C(C)(C)C)ccn4)ccc2)c2ccccc23)c1.[Pt]. The van der Waals surface area contributed by atoms with Crippen molar-refractivity contribution in [1.82, 2.24) is 18.7 Å². The van der Waals surface area contributed by atoms with Crippen molar-refractivity contribution in [2.75, 3.05) is 0 Å². The molecule has 2 aromatic heterocycles. The van der Waals surface area contributed by atoms with Crippen LogP contribution in [0.2, 0.25) is 0 Å². The number of pyridine rings is 1. The molecule has 4 heterocycles. The molecule has 3 unspecified atom stereocenters. The summed E-state index contributed by atoms with van der Waals surface area (Å²) in [5.41, 5.74) is 11.7. The number of aromatic nitrogens is 2. The van der Waals surface area contributed by atoms with Crippen molar-refractivity contribution in [3.63, 3.8) is 0 Å². The normalized spacial score (nSPS) is 23.2. The van der Waals surface area contributed by atoms with Gasteiger partial charge in [-0.25, -0.2) is 9.58 Å². The predicted molar refractivity (Wildman–Crippen MR) is 263 cm³/mol. The van der Waals surface area contributed by atoms with Crippen molar-refractivity contribution in [3.05, 3.63) is 151 Å². The molecule has 7 aromatic rings. The predicted octanol–water partition coefficient (Wildman–Crippen LogP) is 16.1. The van der Waals surface area contributed by atoms with Gasteiger partial charge in [0.2, 0.25) is 11.4 Å². The van der Waals surface area contributed by atoms with Crippen molar-refractivity contribution in [2.24, 2.45) is 22.7 Å². The van der Waals surface area contributed by atoms with E-state index in [4.69, 9.17) is 9.72 Å². The van der Waals surface area contributed by atoms with Gasteiger partial charge in [-0.1, -0.05) is 131 Å². The Labute approximate surface area is 396 Å². The fourth-order valence-corrected chi connectivity index (χ4v) is 10.9. The summed E-state index contributed by atoms with van der Waals surface area (Å²) in [5.74, 6) is 4.05. The largest absolute Gasteiger partial charge is 0.509 e. The minimum Gasteiger partial charge on any atom is -0.509 e. The third kappa shape index (κ3) is 7.20. The smallest absolute Gasteiger partial charge is 0.225 e. The number of ether oxygens (including phenoxy) is 1. The number of para-hydroxylation sites is 3. The minimum atomic E-state index is -0.0118. The van der Waals surface area contributed by atoms with E-state index in [-0.39, 0.29) is 42.7 Å². The summed E-state index contributed by atoms with van der Waals surface area (Å²) in [6.07, 6.45) is 5.70. The average molecular weight is 1030 g/mol. The van der Waals surface area contributed by atoms with Crippen LogP contribution in [0.15, 0.2) is 115 Å². The maximum absolute atomic E-state index is 6.76. The van der Waals surface area contributed by atoms with Gasteiger partial charge in [0.25, 0.3) is 0 Å². The van der Waals surface area contributed by atoms with E-state index < -0.39 is 0 Å². The molecule has 1 aliphatic carbocycles. The molecule has 1 saturated heterocycles. The molecule has 2 fully saturated rings. The van der Waals surface area contributed by atoms with Crippen molar-refractivity contribution in [2.45, 2.75) is 119 Å². The Morgan fingerprint density at radius 1 is 0.609 bits per heavy atom. The van der Waals surface area contributed by atoms with E-state index in [1.54, 1.807) is 0 Å². The summed E-state index contributed by atoms with van der Waals surface area (Å²) >= 11 is 0. The molecule has 6 heteroatoms. The van der Waals surface area contributed by atoms with Crippen molar-refractivity contribution in [3.8, 4) is 17.3 Å². The molecule has 5 nitrogen and oxygen atoms in total. The molecular formula is C58H65N4OPt-. The molecule has 10 rings (SSSR count). The molecule has 5 aromatic carbocycles. The number of hydrogen-bond donors (Lipinski definition) is 0. The second-order valence-electron chi connectivity index (χ2n) is 23.2. The molecule has 64 heavy (non-hydrogen) atoms. The van der Waals surface area contributed by atoms with Crippen LogP contribution in [0.1, 0.15) is 125 Å². The van der Waals surface area contributed by atoms with Gasteiger partial charge in [0.15, 0.2) is 12.4 Å². The van der Waals surface area contributed by atoms with Crippen LogP contribution in [0.25, 0.3) is 27.6 Å². The molecule has 3 aliphatic rings. The van der Waals surface area contributed by atoms with E-state index in [2.05, 4.69) is 204 Å². The van der Waals surface area contributed by atoms with Gasteiger partial charge in [-0.2, -0.15) is 16.7 Å². The van der Waals surface area contributed by atoms with Crippen LogP contribution in [-0.4, -0.2) is 9.55 Å². The molecule has 0 spiro atoms. The van der Waals surface area contributed by atoms with Gasteiger partial charge in [-0.3, -0.25) is 0 Å². The fourth-order valence-electron chi connectivity index (χ4n) is 10.9. The van der Waals surface area contributed by atoms with E-state index in [1.165, 1.54) is 53.0 Å². The van der Waals surface area contributed by atoms with Gasteiger partial charge in [0, 0.05) is 68.5 Å². The quantitative estimate of drug-likeness (QED) is 0.0943. The zero-order valence-corrected chi connectivity index (χ0v) is 42.2. The Hall–Kier alpha value is -4.54. The third-order valence-corrected chi connectivity index (χ3v) is 15.0. The van der Waals surface area contributed by atoms with Crippen LogP contribution in [0, 0.1) is 41.5 Å². The van der Waals surface area contributed by atoms with E-state index >= 15 is 0 Å². The monoisotopic (exact) mass is 1030 g/mol. The first kappa shape index (κ1) is 44.7. The Balaban J connectivity index is 0.00000518. The summed E-state index contributed by atoms with van der Waals surface area (Å²) in [6.45, 7) is 31.0. The molecule has 4 atom stereocenters. The van der Waals surface area contributed by atoms with Gasteiger partial charge in [-0.15, -0.1) is 29.7 Å². The number of rotatable bonds is 6. The first-order valence-corrected chi connectivity index (χ1v) is 23.2. The van der Waals surface area contributed by atoms with Crippen LogP contribution in [0.4, 0.5) is 22.7 Å². The van der Waals surface area contributed by atoms with E-state index in [1.807, 2.05) is 18.3 Å². The zero-order chi connectivity index (χ0) is 44.5. The van der Waals surface area contributed by atoms with Crippen molar-refractivity contribution < 1.29 is 25.8 Å². The number of nitrogens with zero attached hydrogens (tertiary/aromatic N) is 4. The van der Waals surface area contributed by atoms with Gasteiger partial charge in [0.1, 0.15) is 5.82 Å². The Morgan fingerprint density at radius 2 is 1.25 bits per heavy atom. The summed E-state index contributed by atoms with van der Waals surface area (Å²) in [4.78, 5) is 4.88. The second-order valence-corrected chi connectivity index (χ2v) is 23.2. The summed E-state index contributed by atoms with van der Waals surface area (Å²) < 4.78 is 10.2. The van der Waals surface area contributed by atoms with Gasteiger partial charge in [-0.05, 0) is 99.0 Å². The molecule has 0 amide bonds. The van der Waals surface area contributed by atoms with Crippen molar-refractivity contribution >= 4 is 44.6 Å². The van der Waals surface area contributed by atoms with Gasteiger partial charge < -0.3 is 9.30 Å². The molecule has 2 aliphatic heterocycles. The van der Waals surface area contributed by atoms with Crippen molar-refractivity contribution in [1.29, 1.82) is 0 Å². The van der Waals surface area contributed by atoms with Gasteiger partial charge in [0.05, 0.1) is 5.69 Å². The van der Waals surface area contributed by atoms with Crippen LogP contribution < -0.4 is 13.9 Å². The Kier molecular flexibility index (Phi) is 10.6. The minimum absolute atomic E-state index is 0. The number of hydrogen-bond acceptors (Lipinski definition) is 2. The molecule has 0 bridgehead atoms. The molecule has 0 N–H and O–H groups in total. The van der Waals surface area contributed by atoms with Crippen LogP contribution in [0.3, 0.4) is 0 Å². The topological polar surface area (TPSA) is 27.1 Å². The molecular weight excluding hydrogens is 964 g/mol. The maximum atomic E-state index is 6.76. The van der Waals surface area contributed by atoms with Gasteiger partial charge >= 0.3 is 0 Å². The maximum Gasteiger partial charge on any atom is 0.225 e. The van der Waals surface area contributed by atoms with E-state index in [0.29, 0.717) is 38.4 Å². The van der Waals surface area contributed by atoms with E-state index in [0.717, 1.165) is 33.3 Å². The summed E-state index contributed by atoms with van der Waals surface area (Å²) in [6, 6.07) is 47.5. The van der Waals surface area contributed by atoms with Crippen LogP contribution >= 0.6 is 0 Å². The zero-order valence-electron chi connectivity index (χ0n) is 39.9. The molecule has 1 saturated carbocycles. The standard InChI is InChI=1S/C58H65N4O.Pt/c1-55(2,3)40-26-27-59-54(34-40)60-50-21-14-13-20-48(50)49-25-24-47(36-51(49)60)63-46-19-17-18-44(35-46)61-37-62(61,53-23-16-15-22-52(53)61)45-31-39(30-43(33-45)58(10,11)12)38-28-41(56(4,5)6)32-42(29-38)57(7,8)9;/h13-27,30-31,33-34,37-38,41-42H,28-29,32H2,1-12H3;/q-1;/t38?,41?,42?,61?,62-;/m0./s1. The first-order chi connectivity index (χ1) is 29.7. The number of benzene rings is 5.